The van der Waals surface area contributed by atoms with E-state index in [1.54, 1.807) is 6.07 Å². The van der Waals surface area contributed by atoms with Gasteiger partial charge in [0.05, 0.1) is 20.2 Å². The van der Waals surface area contributed by atoms with Crippen molar-refractivity contribution in [1.29, 1.82) is 0 Å². The minimum Gasteiger partial charge on any atom is -0.390 e. The van der Waals surface area contributed by atoms with Crippen molar-refractivity contribution in [2.45, 2.75) is 18.9 Å². The van der Waals surface area contributed by atoms with Gasteiger partial charge in [-0.1, -0.05) is 5.16 Å². The van der Waals surface area contributed by atoms with E-state index in [0.717, 1.165) is 19.4 Å². The molecule has 94 valence electrons. The summed E-state index contributed by atoms with van der Waals surface area (Å²) in [5.74, 6) is 0.336. The number of aliphatic hydroxyl groups is 1. The molecule has 0 saturated carbocycles. The van der Waals surface area contributed by atoms with Gasteiger partial charge in [-0.05, 0) is 0 Å². The molecule has 2 rings (SSSR count). The first-order valence-corrected chi connectivity index (χ1v) is 5.79. The van der Waals surface area contributed by atoms with Crippen molar-refractivity contribution in [1.82, 2.24) is 5.16 Å². The van der Waals surface area contributed by atoms with Crippen LogP contribution in [0.25, 0.3) is 0 Å². The number of nitrogens with zero attached hydrogens (tertiary/aromatic N) is 2. The van der Waals surface area contributed by atoms with Crippen LogP contribution in [0.15, 0.2) is 16.9 Å². The van der Waals surface area contributed by atoms with Gasteiger partial charge in [0.2, 0.25) is 0 Å². The fraction of sp³-hybridized carbons (Fsp3) is 0.636. The van der Waals surface area contributed by atoms with Gasteiger partial charge in [-0.15, -0.1) is 0 Å². The fourth-order valence-corrected chi connectivity index (χ4v) is 2.47. The van der Waals surface area contributed by atoms with Crippen LogP contribution in [0, 0.1) is 0 Å². The molecular weight excluding hydrogens is 222 g/mol. The molecule has 0 spiro atoms. The Bertz CT molecular complexity index is 379. The van der Waals surface area contributed by atoms with Gasteiger partial charge in [0.25, 0.3) is 5.91 Å². The second-order valence-corrected chi connectivity index (χ2v) is 4.77. The number of hydrogen-bond acceptors (Lipinski definition) is 4. The Kier molecular flexibility index (Phi) is 3.44. The Morgan fingerprint density at radius 3 is 3.24 bits per heavy atom. The van der Waals surface area contributed by atoms with E-state index in [9.17, 15) is 9.90 Å². The lowest BCUT2D eigenvalue weighted by molar-refractivity contribution is -0.913. The first-order valence-electron chi connectivity index (χ1n) is 5.79. The zero-order chi connectivity index (χ0) is 12.3. The highest BCUT2D eigenvalue weighted by Crippen LogP contribution is 2.24. The topological polar surface area (TPSA) is 75.4 Å². The highest BCUT2D eigenvalue weighted by Gasteiger charge is 2.39. The van der Waals surface area contributed by atoms with Crippen molar-refractivity contribution >= 4 is 11.7 Å². The number of likely N-dealkylation sites (tertiary alicyclic amines) is 1. The lowest BCUT2D eigenvalue weighted by Gasteiger charge is -2.34. The maximum absolute atomic E-state index is 11.8. The van der Waals surface area contributed by atoms with Crippen LogP contribution in [0.4, 0.5) is 5.82 Å². The summed E-state index contributed by atoms with van der Waals surface area (Å²) in [5, 5.41) is 15.6. The molecule has 1 aromatic heterocycles. The van der Waals surface area contributed by atoms with Crippen LogP contribution >= 0.6 is 0 Å². The lowest BCUT2D eigenvalue weighted by atomic mass is 10.2. The summed E-state index contributed by atoms with van der Waals surface area (Å²) < 4.78 is 5.24. The molecule has 1 saturated heterocycles. The number of carbonyl (C=O) groups is 1. The monoisotopic (exact) mass is 240 g/mol. The Morgan fingerprint density at radius 1 is 1.76 bits per heavy atom. The number of rotatable bonds is 4. The van der Waals surface area contributed by atoms with Gasteiger partial charge in [-0.2, -0.15) is 0 Å². The molecule has 6 nitrogen and oxygen atoms in total. The van der Waals surface area contributed by atoms with Crippen LogP contribution in [0.2, 0.25) is 0 Å². The molecular formula is C11H18N3O3+. The Labute approximate surface area is 99.8 Å². The average molecular weight is 240 g/mol. The molecule has 1 aliphatic rings. The number of carbonyl (C=O) groups excluding carboxylic acids is 1. The summed E-state index contributed by atoms with van der Waals surface area (Å²) in [6.07, 6.45) is 3.45. The minimum absolute atomic E-state index is 0.0956. The maximum atomic E-state index is 11.8. The number of amides is 1. The summed E-state index contributed by atoms with van der Waals surface area (Å²) >= 11 is 0. The second-order valence-electron chi connectivity index (χ2n) is 4.77. The SMILES string of the molecule is C[N+]1(CC(=O)Nc2ccon2)CCCC1CO. The zero-order valence-corrected chi connectivity index (χ0v) is 9.93. The number of hydrogen-bond donors (Lipinski definition) is 2. The van der Waals surface area contributed by atoms with Crippen LogP contribution in [0.1, 0.15) is 12.8 Å². The van der Waals surface area contributed by atoms with E-state index in [0.29, 0.717) is 16.8 Å². The van der Waals surface area contributed by atoms with Crippen LogP contribution in [-0.4, -0.2) is 53.4 Å². The zero-order valence-electron chi connectivity index (χ0n) is 9.93. The Balaban J connectivity index is 1.93. The molecule has 1 fully saturated rings. The highest BCUT2D eigenvalue weighted by molar-refractivity contribution is 5.90. The summed E-state index contributed by atoms with van der Waals surface area (Å²) in [7, 11) is 2.01. The molecule has 17 heavy (non-hydrogen) atoms. The summed E-state index contributed by atoms with van der Waals surface area (Å²) in [5.41, 5.74) is 0. The van der Waals surface area contributed by atoms with Crippen LogP contribution in [0.5, 0.6) is 0 Å². The predicted molar refractivity (Wildman–Crippen MR) is 61.2 cm³/mol. The smallest absolute Gasteiger partial charge is 0.280 e. The van der Waals surface area contributed by atoms with E-state index < -0.39 is 0 Å². The van der Waals surface area contributed by atoms with Gasteiger partial charge < -0.3 is 19.4 Å². The molecule has 1 aromatic rings. The molecule has 1 aliphatic heterocycles. The van der Waals surface area contributed by atoms with Crippen molar-refractivity contribution in [3.05, 3.63) is 12.3 Å². The van der Waals surface area contributed by atoms with Gasteiger partial charge in [0.1, 0.15) is 12.3 Å². The molecule has 0 bridgehead atoms. The molecule has 2 unspecified atom stereocenters. The number of likely N-dealkylation sites (N-methyl/N-ethyl adjacent to an activating group) is 1. The van der Waals surface area contributed by atoms with Crippen molar-refractivity contribution in [3.63, 3.8) is 0 Å². The first kappa shape index (κ1) is 12.1. The van der Waals surface area contributed by atoms with Crippen molar-refractivity contribution in [2.75, 3.05) is 32.1 Å². The predicted octanol–water partition coefficient (Wildman–Crippen LogP) is 0.214. The van der Waals surface area contributed by atoms with Crippen molar-refractivity contribution < 1.29 is 18.9 Å². The third-order valence-corrected chi connectivity index (χ3v) is 3.51. The third kappa shape index (κ3) is 2.65. The first-order chi connectivity index (χ1) is 8.14. The van der Waals surface area contributed by atoms with Gasteiger partial charge in [-0.3, -0.25) is 4.79 Å². The quantitative estimate of drug-likeness (QED) is 0.738. The number of aliphatic hydroxyl groups excluding tert-OH is 1. The fourth-order valence-electron chi connectivity index (χ4n) is 2.47. The van der Waals surface area contributed by atoms with E-state index in [1.807, 2.05) is 7.05 Å². The molecule has 6 heteroatoms. The van der Waals surface area contributed by atoms with Gasteiger partial charge >= 0.3 is 0 Å². The Hall–Kier alpha value is -1.40. The standard InChI is InChI=1S/C11H17N3O3/c1-14(5-2-3-9(14)8-15)7-11(16)12-10-4-6-17-13-10/h4,6,9,15H,2-3,5,7-8H2,1H3/p+1. The van der Waals surface area contributed by atoms with Crippen LogP contribution in [-0.2, 0) is 4.79 Å². The molecule has 0 aliphatic carbocycles. The minimum atomic E-state index is -0.0956. The summed E-state index contributed by atoms with van der Waals surface area (Å²) in [6.45, 7) is 1.42. The summed E-state index contributed by atoms with van der Waals surface area (Å²) in [6, 6.07) is 1.77. The van der Waals surface area contributed by atoms with Gasteiger partial charge in [0.15, 0.2) is 12.4 Å². The van der Waals surface area contributed by atoms with Crippen LogP contribution in [0.3, 0.4) is 0 Å². The normalized spacial score (nSPS) is 28.2. The Morgan fingerprint density at radius 2 is 2.59 bits per heavy atom. The number of anilines is 1. The molecule has 2 N–H and O–H groups in total. The van der Waals surface area contributed by atoms with E-state index in [1.165, 1.54) is 6.26 Å². The van der Waals surface area contributed by atoms with E-state index in [-0.39, 0.29) is 18.6 Å². The molecule has 2 heterocycles. The lowest BCUT2D eigenvalue weighted by Crippen LogP contribution is -2.53. The highest BCUT2D eigenvalue weighted by atomic mass is 16.5. The molecule has 1 amide bonds. The third-order valence-electron chi connectivity index (χ3n) is 3.51. The van der Waals surface area contributed by atoms with E-state index in [2.05, 4.69) is 15.0 Å². The molecule has 0 aromatic carbocycles. The number of aromatic nitrogens is 1. The van der Waals surface area contributed by atoms with E-state index in [4.69, 9.17) is 0 Å². The number of nitrogens with one attached hydrogen (secondary N) is 1. The maximum Gasteiger partial charge on any atom is 0.280 e. The van der Waals surface area contributed by atoms with Crippen molar-refractivity contribution in [3.8, 4) is 0 Å². The largest absolute Gasteiger partial charge is 0.390 e. The second kappa shape index (κ2) is 4.85. The molecule has 2 atom stereocenters. The molecule has 0 radical (unpaired) electrons. The summed E-state index contributed by atoms with van der Waals surface area (Å²) in [4.78, 5) is 11.8. The van der Waals surface area contributed by atoms with Crippen LogP contribution < -0.4 is 5.32 Å². The average Bonchev–Trinajstić information content (AvgIpc) is 2.87. The van der Waals surface area contributed by atoms with E-state index >= 15 is 0 Å². The van der Waals surface area contributed by atoms with Gasteiger partial charge in [-0.25, -0.2) is 0 Å². The van der Waals surface area contributed by atoms with Gasteiger partial charge in [0, 0.05) is 18.9 Å². The number of quaternary nitrogens is 1. The van der Waals surface area contributed by atoms with Crippen molar-refractivity contribution in [2.24, 2.45) is 0 Å².